The first kappa shape index (κ1) is 22.9. The Morgan fingerprint density at radius 3 is 2.15 bits per heavy atom. The average Bonchev–Trinajstić information content (AvgIpc) is 2.63. The van der Waals surface area contributed by atoms with E-state index < -0.39 is 20.0 Å². The first-order valence-corrected chi connectivity index (χ1v) is 12.6. The Kier molecular flexibility index (Phi) is 7.95. The minimum atomic E-state index is -3.57. The van der Waals surface area contributed by atoms with Crippen LogP contribution in [-0.2, 0) is 20.0 Å². The summed E-state index contributed by atoms with van der Waals surface area (Å²) < 4.78 is 53.1. The molecule has 0 bridgehead atoms. The van der Waals surface area contributed by atoms with Gasteiger partial charge in [-0.1, -0.05) is 37.0 Å². The van der Waals surface area contributed by atoms with Crippen molar-refractivity contribution in [2.24, 2.45) is 0 Å². The van der Waals surface area contributed by atoms with Gasteiger partial charge in [0, 0.05) is 50.8 Å². The van der Waals surface area contributed by atoms with Crippen LogP contribution >= 0.6 is 23.2 Å². The van der Waals surface area contributed by atoms with Crippen molar-refractivity contribution in [3.8, 4) is 0 Å². The molecule has 0 radical (unpaired) electrons. The summed E-state index contributed by atoms with van der Waals surface area (Å²) >= 11 is 11.9. The summed E-state index contributed by atoms with van der Waals surface area (Å²) in [5.41, 5.74) is 0. The first-order chi connectivity index (χ1) is 12.6. The van der Waals surface area contributed by atoms with Gasteiger partial charge in [-0.2, -0.15) is 17.0 Å². The zero-order valence-corrected chi connectivity index (χ0v) is 18.6. The highest BCUT2D eigenvalue weighted by Gasteiger charge is 2.31. The largest absolute Gasteiger partial charge is 0.300 e. The summed E-state index contributed by atoms with van der Waals surface area (Å²) in [6, 6.07) is 4.36. The summed E-state index contributed by atoms with van der Waals surface area (Å²) in [4.78, 5) is 1.98. The van der Waals surface area contributed by atoms with E-state index in [1.807, 2.05) is 18.7 Å². The molecule has 0 aliphatic carbocycles. The summed E-state index contributed by atoms with van der Waals surface area (Å²) in [5, 5.41) is 0.461. The van der Waals surface area contributed by atoms with Crippen LogP contribution in [0.1, 0.15) is 13.8 Å². The van der Waals surface area contributed by atoms with Gasteiger partial charge in [0.05, 0.1) is 15.7 Å². The van der Waals surface area contributed by atoms with Gasteiger partial charge in [0.15, 0.2) is 9.84 Å². The number of hydrogen-bond donors (Lipinski definition) is 0. The number of halogens is 2. The molecule has 1 aromatic carbocycles. The molecular formula is C16H25Cl2N3O4S2. The molecule has 1 aromatic rings. The summed E-state index contributed by atoms with van der Waals surface area (Å²) in [7, 11) is -7.03. The second-order valence-electron chi connectivity index (χ2n) is 6.23. The quantitative estimate of drug-likeness (QED) is 0.596. The van der Waals surface area contributed by atoms with Crippen LogP contribution in [0.15, 0.2) is 23.1 Å². The second kappa shape index (κ2) is 9.39. The van der Waals surface area contributed by atoms with E-state index in [-0.39, 0.29) is 15.7 Å². The molecule has 11 heteroatoms. The van der Waals surface area contributed by atoms with Gasteiger partial charge in [-0.3, -0.25) is 4.90 Å². The Hall–Kier alpha value is -0.420. The van der Waals surface area contributed by atoms with Crippen molar-refractivity contribution >= 4 is 43.2 Å². The summed E-state index contributed by atoms with van der Waals surface area (Å²) in [5.74, 6) is -0.101. The highest BCUT2D eigenvalue weighted by atomic mass is 35.5. The van der Waals surface area contributed by atoms with Crippen LogP contribution < -0.4 is 0 Å². The van der Waals surface area contributed by atoms with Crippen LogP contribution in [0.4, 0.5) is 0 Å². The van der Waals surface area contributed by atoms with Crippen molar-refractivity contribution in [1.82, 2.24) is 13.5 Å². The average molecular weight is 458 g/mol. The van der Waals surface area contributed by atoms with Crippen molar-refractivity contribution in [3.63, 3.8) is 0 Å². The molecule has 2 rings (SSSR count). The van der Waals surface area contributed by atoms with Crippen LogP contribution in [0.25, 0.3) is 0 Å². The molecule has 0 atom stereocenters. The Bertz CT molecular complexity index is 850. The molecule has 0 unspecified atom stereocenters. The van der Waals surface area contributed by atoms with Gasteiger partial charge >= 0.3 is 0 Å². The van der Waals surface area contributed by atoms with Crippen molar-refractivity contribution < 1.29 is 16.8 Å². The molecule has 0 spiro atoms. The third-order valence-electron chi connectivity index (χ3n) is 4.59. The predicted octanol–water partition coefficient (Wildman–Crippen LogP) is 1.97. The van der Waals surface area contributed by atoms with Crippen LogP contribution in [-0.4, -0.2) is 81.9 Å². The van der Waals surface area contributed by atoms with Gasteiger partial charge in [-0.15, -0.1) is 0 Å². The number of benzene rings is 1. The Labute approximate surface area is 171 Å². The zero-order chi connectivity index (χ0) is 20.2. The molecule has 1 aliphatic rings. The van der Waals surface area contributed by atoms with Gasteiger partial charge in [-0.25, -0.2) is 8.42 Å². The first-order valence-electron chi connectivity index (χ1n) is 8.77. The molecule has 1 saturated heterocycles. The second-order valence-corrected chi connectivity index (χ2v) is 11.1. The van der Waals surface area contributed by atoms with Gasteiger partial charge in [0.25, 0.3) is 10.2 Å². The fourth-order valence-electron chi connectivity index (χ4n) is 2.97. The highest BCUT2D eigenvalue weighted by molar-refractivity contribution is 7.91. The van der Waals surface area contributed by atoms with Crippen molar-refractivity contribution in [3.05, 3.63) is 28.2 Å². The van der Waals surface area contributed by atoms with E-state index in [0.717, 1.165) is 0 Å². The van der Waals surface area contributed by atoms with E-state index in [1.54, 1.807) is 6.07 Å². The molecule has 0 amide bonds. The number of nitrogens with zero attached hydrogens (tertiary/aromatic N) is 3. The van der Waals surface area contributed by atoms with Crippen molar-refractivity contribution in [2.45, 2.75) is 18.7 Å². The van der Waals surface area contributed by atoms with E-state index in [2.05, 4.69) is 0 Å². The normalized spacial score (nSPS) is 17.5. The molecule has 0 N–H and O–H groups in total. The fourth-order valence-corrected chi connectivity index (χ4v) is 6.67. The topological polar surface area (TPSA) is 78.0 Å². The molecular weight excluding hydrogens is 433 g/mol. The molecule has 0 saturated carbocycles. The minimum Gasteiger partial charge on any atom is -0.300 e. The maximum Gasteiger partial charge on any atom is 0.282 e. The van der Waals surface area contributed by atoms with Gasteiger partial charge < -0.3 is 0 Å². The molecule has 1 heterocycles. The van der Waals surface area contributed by atoms with E-state index in [0.29, 0.717) is 50.8 Å². The van der Waals surface area contributed by atoms with Gasteiger partial charge in [0.1, 0.15) is 0 Å². The van der Waals surface area contributed by atoms with Gasteiger partial charge in [0.2, 0.25) is 0 Å². The number of sulfone groups is 1. The maximum atomic E-state index is 12.6. The van der Waals surface area contributed by atoms with E-state index in [4.69, 9.17) is 23.2 Å². The Balaban J connectivity index is 1.95. The van der Waals surface area contributed by atoms with Gasteiger partial charge in [-0.05, 0) is 18.2 Å². The van der Waals surface area contributed by atoms with Crippen molar-refractivity contribution in [1.29, 1.82) is 0 Å². The molecule has 27 heavy (non-hydrogen) atoms. The smallest absolute Gasteiger partial charge is 0.282 e. The lowest BCUT2D eigenvalue weighted by Gasteiger charge is -2.36. The SMILES string of the molecule is CCN(CC)S(=O)(=O)N1CCN(CCS(=O)(=O)c2cc(Cl)ccc2Cl)CC1. The minimum absolute atomic E-state index is 0.0272. The summed E-state index contributed by atoms with van der Waals surface area (Å²) in [6.45, 7) is 6.44. The number of rotatable bonds is 8. The molecule has 0 aromatic heterocycles. The molecule has 154 valence electrons. The van der Waals surface area contributed by atoms with E-state index in [1.165, 1.54) is 20.7 Å². The standard InChI is InChI=1S/C16H25Cl2N3O4S2/c1-3-20(4-2)27(24,25)21-9-7-19(8-10-21)11-12-26(22,23)16-13-14(17)5-6-15(16)18/h5-6,13H,3-4,7-12H2,1-2H3. The van der Waals surface area contributed by atoms with Crippen LogP contribution in [0, 0.1) is 0 Å². The van der Waals surface area contributed by atoms with E-state index in [9.17, 15) is 16.8 Å². The highest BCUT2D eigenvalue weighted by Crippen LogP contribution is 2.26. The molecule has 7 nitrogen and oxygen atoms in total. The van der Waals surface area contributed by atoms with Crippen LogP contribution in [0.2, 0.25) is 10.0 Å². The summed E-state index contributed by atoms with van der Waals surface area (Å²) in [6.07, 6.45) is 0. The predicted molar refractivity (Wildman–Crippen MR) is 108 cm³/mol. The monoisotopic (exact) mass is 457 g/mol. The lowest BCUT2D eigenvalue weighted by atomic mass is 10.4. The van der Waals surface area contributed by atoms with Crippen molar-refractivity contribution in [2.75, 3.05) is 51.6 Å². The Morgan fingerprint density at radius 1 is 1.00 bits per heavy atom. The third kappa shape index (κ3) is 5.56. The van der Waals surface area contributed by atoms with Crippen LogP contribution in [0.5, 0.6) is 0 Å². The lowest BCUT2D eigenvalue weighted by molar-refractivity contribution is 0.189. The molecule has 1 aliphatic heterocycles. The fraction of sp³-hybridized carbons (Fsp3) is 0.625. The van der Waals surface area contributed by atoms with Crippen LogP contribution in [0.3, 0.4) is 0 Å². The number of piperazine rings is 1. The maximum absolute atomic E-state index is 12.6. The Morgan fingerprint density at radius 2 is 1.59 bits per heavy atom. The number of hydrogen-bond acceptors (Lipinski definition) is 5. The lowest BCUT2D eigenvalue weighted by Crippen LogP contribution is -2.53. The zero-order valence-electron chi connectivity index (χ0n) is 15.4. The third-order valence-corrected chi connectivity index (χ3v) is 9.19. The van der Waals surface area contributed by atoms with E-state index >= 15 is 0 Å². The molecule has 1 fully saturated rings.